The van der Waals surface area contributed by atoms with Crippen LogP contribution in [-0.4, -0.2) is 40.7 Å². The van der Waals surface area contributed by atoms with E-state index in [0.29, 0.717) is 6.54 Å². The summed E-state index contributed by atoms with van der Waals surface area (Å²) >= 11 is 1.72. The second kappa shape index (κ2) is 6.11. The number of ether oxygens (including phenoxy) is 1. The molecule has 0 bridgehead atoms. The van der Waals surface area contributed by atoms with Crippen LogP contribution in [0.3, 0.4) is 0 Å². The average Bonchev–Trinajstić information content (AvgIpc) is 3.15. The molecule has 2 aromatic rings. The molecule has 3 heterocycles. The molecule has 0 aliphatic carbocycles. The van der Waals surface area contributed by atoms with Crippen LogP contribution in [0.5, 0.6) is 5.75 Å². The predicted molar refractivity (Wildman–Crippen MR) is 96.3 cm³/mol. The fourth-order valence-electron chi connectivity index (χ4n) is 4.17. The van der Waals surface area contributed by atoms with E-state index in [0.717, 1.165) is 41.5 Å². The van der Waals surface area contributed by atoms with Crippen molar-refractivity contribution in [2.24, 2.45) is 5.41 Å². The number of aliphatic carboxylic acids is 1. The van der Waals surface area contributed by atoms with Crippen LogP contribution in [0.4, 0.5) is 0 Å². The molecule has 0 unspecified atom stereocenters. The molecular formula is C19H22N2O3S. The lowest BCUT2D eigenvalue weighted by Gasteiger charge is -2.35. The van der Waals surface area contributed by atoms with E-state index in [1.165, 1.54) is 4.88 Å². The molecule has 132 valence electrons. The maximum absolute atomic E-state index is 12.2. The lowest BCUT2D eigenvalue weighted by Crippen LogP contribution is -2.45. The Hall–Kier alpha value is -1.92. The Bertz CT molecular complexity index is 819. The lowest BCUT2D eigenvalue weighted by molar-refractivity contribution is -0.151. The van der Waals surface area contributed by atoms with Crippen LogP contribution in [0.15, 0.2) is 24.3 Å². The number of para-hydroxylation sites is 1. The number of aromatic nitrogens is 1. The summed E-state index contributed by atoms with van der Waals surface area (Å²) in [5.41, 5.74) is 1.30. The van der Waals surface area contributed by atoms with E-state index in [2.05, 4.69) is 16.8 Å². The number of hydrogen-bond acceptors (Lipinski definition) is 5. The van der Waals surface area contributed by atoms with Crippen molar-refractivity contribution < 1.29 is 14.6 Å². The second-order valence-corrected chi connectivity index (χ2v) is 8.25. The minimum atomic E-state index is -0.861. The maximum atomic E-state index is 12.2. The number of likely N-dealkylation sites (tertiary alicyclic amines) is 1. The zero-order valence-corrected chi connectivity index (χ0v) is 15.3. The molecule has 0 radical (unpaired) electrons. The van der Waals surface area contributed by atoms with Crippen LogP contribution in [0.1, 0.15) is 34.0 Å². The molecule has 2 atom stereocenters. The highest BCUT2D eigenvalue weighted by atomic mass is 32.1. The predicted octanol–water partition coefficient (Wildman–Crippen LogP) is 3.08. The smallest absolute Gasteiger partial charge is 0.315 e. The highest BCUT2D eigenvalue weighted by Gasteiger charge is 2.56. The molecule has 2 aliphatic rings. The van der Waals surface area contributed by atoms with Crippen molar-refractivity contribution in [3.8, 4) is 5.75 Å². The number of benzene rings is 1. The highest BCUT2D eigenvalue weighted by molar-refractivity contribution is 7.11. The van der Waals surface area contributed by atoms with Crippen molar-refractivity contribution >= 4 is 17.3 Å². The van der Waals surface area contributed by atoms with E-state index >= 15 is 0 Å². The summed E-state index contributed by atoms with van der Waals surface area (Å²) in [6.45, 7) is 6.41. The maximum Gasteiger partial charge on any atom is 0.315 e. The third-order valence-electron chi connectivity index (χ3n) is 5.41. The van der Waals surface area contributed by atoms with Gasteiger partial charge in [-0.1, -0.05) is 25.1 Å². The molecule has 1 fully saturated rings. The Kier molecular flexibility index (Phi) is 4.04. The van der Waals surface area contributed by atoms with Gasteiger partial charge >= 0.3 is 5.97 Å². The van der Waals surface area contributed by atoms with E-state index in [1.54, 1.807) is 11.3 Å². The largest absolute Gasteiger partial charge is 0.492 e. The number of carbonyl (C=O) groups is 1. The van der Waals surface area contributed by atoms with Gasteiger partial charge in [0.2, 0.25) is 0 Å². The van der Waals surface area contributed by atoms with Crippen LogP contribution >= 0.6 is 11.3 Å². The molecule has 0 spiro atoms. The highest BCUT2D eigenvalue weighted by Crippen LogP contribution is 2.50. The van der Waals surface area contributed by atoms with Crippen LogP contribution < -0.4 is 4.74 Å². The first-order valence-corrected chi connectivity index (χ1v) is 9.48. The molecule has 5 nitrogen and oxygen atoms in total. The van der Waals surface area contributed by atoms with Gasteiger partial charge in [0.25, 0.3) is 0 Å². The summed E-state index contributed by atoms with van der Waals surface area (Å²) in [5.74, 6) is 0.0360. The van der Waals surface area contributed by atoms with Gasteiger partial charge in [-0.3, -0.25) is 9.69 Å². The third kappa shape index (κ3) is 2.64. The van der Waals surface area contributed by atoms with E-state index in [4.69, 9.17) is 4.74 Å². The Balaban J connectivity index is 1.65. The monoisotopic (exact) mass is 358 g/mol. The molecule has 0 amide bonds. The van der Waals surface area contributed by atoms with Gasteiger partial charge in [0.1, 0.15) is 17.8 Å². The number of thiazole rings is 1. The number of nitrogens with zero attached hydrogens (tertiary/aromatic N) is 2. The summed E-state index contributed by atoms with van der Waals surface area (Å²) in [6, 6.07) is 7.84. The number of aryl methyl sites for hydroxylation is 2. The number of hydrogen-bond donors (Lipinski definition) is 1. The van der Waals surface area contributed by atoms with Gasteiger partial charge in [-0.25, -0.2) is 4.98 Å². The second-order valence-electron chi connectivity index (χ2n) is 6.97. The normalized spacial score (nSPS) is 25.3. The van der Waals surface area contributed by atoms with Crippen molar-refractivity contribution in [1.29, 1.82) is 0 Å². The fourth-order valence-corrected chi connectivity index (χ4v) is 5.24. The zero-order chi connectivity index (χ0) is 17.6. The first-order valence-electron chi connectivity index (χ1n) is 8.66. The summed E-state index contributed by atoms with van der Waals surface area (Å²) in [7, 11) is 0. The van der Waals surface area contributed by atoms with E-state index in [9.17, 15) is 9.90 Å². The Morgan fingerprint density at radius 3 is 3.04 bits per heavy atom. The summed E-state index contributed by atoms with van der Waals surface area (Å²) < 4.78 is 5.83. The molecule has 1 aromatic heterocycles. The first kappa shape index (κ1) is 16.5. The Morgan fingerprint density at radius 2 is 2.28 bits per heavy atom. The number of fused-ring (bicyclic) bond motifs is 3. The molecule has 2 aliphatic heterocycles. The van der Waals surface area contributed by atoms with Crippen LogP contribution in [0, 0.1) is 12.3 Å². The van der Waals surface area contributed by atoms with E-state index in [1.807, 2.05) is 31.2 Å². The van der Waals surface area contributed by atoms with Gasteiger partial charge in [-0.05, 0) is 25.0 Å². The molecule has 1 saturated heterocycles. The summed E-state index contributed by atoms with van der Waals surface area (Å²) in [4.78, 5) is 20.3. The SMILES string of the molecule is CCc1nc(C)sc1CN1C[C@@H]2c3ccccc3OC[C@]2(C(=O)O)C1. The fraction of sp³-hybridized carbons (Fsp3) is 0.474. The van der Waals surface area contributed by atoms with Crippen molar-refractivity contribution in [3.05, 3.63) is 45.4 Å². The van der Waals surface area contributed by atoms with Crippen LogP contribution in [0.2, 0.25) is 0 Å². The van der Waals surface area contributed by atoms with Crippen LogP contribution in [0.25, 0.3) is 0 Å². The van der Waals surface area contributed by atoms with Crippen molar-refractivity contribution in [3.63, 3.8) is 0 Å². The molecule has 1 aromatic carbocycles. The summed E-state index contributed by atoms with van der Waals surface area (Å²) in [6.07, 6.45) is 0.910. The third-order valence-corrected chi connectivity index (χ3v) is 6.40. The molecule has 1 N–H and O–H groups in total. The van der Waals surface area contributed by atoms with Crippen molar-refractivity contribution in [2.45, 2.75) is 32.7 Å². The van der Waals surface area contributed by atoms with Gasteiger partial charge in [0.05, 0.1) is 10.7 Å². The number of carboxylic acids is 1. The Labute approximate surface area is 151 Å². The minimum absolute atomic E-state index is 0.0333. The van der Waals surface area contributed by atoms with E-state index in [-0.39, 0.29) is 12.5 Å². The first-order chi connectivity index (χ1) is 12.0. The number of carboxylic acid groups (broad SMARTS) is 1. The average molecular weight is 358 g/mol. The van der Waals surface area contributed by atoms with E-state index < -0.39 is 11.4 Å². The molecule has 0 saturated carbocycles. The molecule has 4 rings (SSSR count). The Morgan fingerprint density at radius 1 is 1.48 bits per heavy atom. The van der Waals surface area contributed by atoms with Gasteiger partial charge in [-0.2, -0.15) is 0 Å². The van der Waals surface area contributed by atoms with Gasteiger partial charge < -0.3 is 9.84 Å². The van der Waals surface area contributed by atoms with Gasteiger partial charge in [0, 0.05) is 30.4 Å². The minimum Gasteiger partial charge on any atom is -0.492 e. The molecule has 6 heteroatoms. The zero-order valence-electron chi connectivity index (χ0n) is 14.5. The number of rotatable bonds is 4. The molecule has 25 heavy (non-hydrogen) atoms. The summed E-state index contributed by atoms with van der Waals surface area (Å²) in [5, 5.41) is 11.1. The lowest BCUT2D eigenvalue weighted by atomic mass is 9.73. The van der Waals surface area contributed by atoms with Crippen LogP contribution in [-0.2, 0) is 17.8 Å². The van der Waals surface area contributed by atoms with Gasteiger partial charge in [-0.15, -0.1) is 11.3 Å². The quantitative estimate of drug-likeness (QED) is 0.910. The molecular weight excluding hydrogens is 336 g/mol. The van der Waals surface area contributed by atoms with Crippen molar-refractivity contribution in [1.82, 2.24) is 9.88 Å². The van der Waals surface area contributed by atoms with Crippen molar-refractivity contribution in [2.75, 3.05) is 19.7 Å². The standard InChI is InChI=1S/C19H22N2O3S/c1-3-15-17(25-12(2)20-15)9-21-8-14-13-6-4-5-7-16(13)24-11-19(14,10-21)18(22)23/h4-7,14H,3,8-11H2,1-2H3,(H,22,23)/t14-,19-/m1/s1. The van der Waals surface area contributed by atoms with Gasteiger partial charge in [0.15, 0.2) is 0 Å². The topological polar surface area (TPSA) is 62.7 Å².